The largest absolute Gasteiger partial charge is 0.310 e. The minimum absolute atomic E-state index is 0.295. The molecule has 0 aliphatic heterocycles. The van der Waals surface area contributed by atoms with Crippen LogP contribution in [0.25, 0.3) is 27.6 Å². The average Bonchev–Trinajstić information content (AvgIpc) is 2.90. The maximum Gasteiger partial charge on any atom is 0.0406 e. The van der Waals surface area contributed by atoms with E-state index in [-0.39, 0.29) is 0 Å². The number of benzene rings is 5. The van der Waals surface area contributed by atoms with Crippen molar-refractivity contribution >= 4 is 39.2 Å². The maximum absolute atomic E-state index is 6.19. The molecule has 0 aromatic heterocycles. The van der Waals surface area contributed by atoms with Crippen LogP contribution in [0.5, 0.6) is 0 Å². The first-order valence-corrected chi connectivity index (χ1v) is 12.7. The van der Waals surface area contributed by atoms with Crippen LogP contribution >= 0.6 is 11.6 Å². The third-order valence-corrected chi connectivity index (χ3v) is 7.07. The minimum atomic E-state index is 0.295. The summed E-state index contributed by atoms with van der Waals surface area (Å²) in [6.07, 6.45) is 5.49. The van der Waals surface area contributed by atoms with Crippen molar-refractivity contribution in [2.75, 3.05) is 0 Å². The maximum atomic E-state index is 6.19. The number of rotatable bonds is 8. The lowest BCUT2D eigenvalue weighted by molar-refractivity contribution is 0.460. The summed E-state index contributed by atoms with van der Waals surface area (Å²) in [6.45, 7) is 3.12. The summed E-state index contributed by atoms with van der Waals surface area (Å²) in [5, 5.41) is 9.67. The average molecular weight is 476 g/mol. The molecule has 0 spiro atoms. The van der Waals surface area contributed by atoms with Gasteiger partial charge in [0.15, 0.2) is 0 Å². The van der Waals surface area contributed by atoms with Gasteiger partial charge in [0.05, 0.1) is 0 Å². The van der Waals surface area contributed by atoms with Crippen LogP contribution in [0.3, 0.4) is 0 Å². The molecule has 0 fully saturated rings. The zero-order chi connectivity index (χ0) is 24.0. The van der Waals surface area contributed by atoms with Gasteiger partial charge in [-0.05, 0) is 75.8 Å². The molecule has 0 saturated heterocycles. The first-order valence-electron chi connectivity index (χ1n) is 12.3. The Labute approximate surface area is 213 Å². The van der Waals surface area contributed by atoms with E-state index in [1.165, 1.54) is 38.2 Å². The number of fused-ring (bicyclic) bond motifs is 2. The van der Waals surface area contributed by atoms with Crippen LogP contribution in [-0.2, 0) is 6.54 Å². The van der Waals surface area contributed by atoms with E-state index >= 15 is 0 Å². The number of hydrogen-bond donors (Lipinski definition) is 1. The van der Waals surface area contributed by atoms with Crippen molar-refractivity contribution in [3.05, 3.63) is 137 Å². The quantitative estimate of drug-likeness (QED) is 0.236. The van der Waals surface area contributed by atoms with Crippen LogP contribution in [0.1, 0.15) is 36.0 Å². The first kappa shape index (κ1) is 23.4. The SMILES string of the molecule is C[C@H](NCc1ccc2ccccc2c1)[C@@H](C/C=C/c1ccc2ccccc2c1)c1ccc(Cl)cc1. The van der Waals surface area contributed by atoms with Gasteiger partial charge >= 0.3 is 0 Å². The highest BCUT2D eigenvalue weighted by Gasteiger charge is 2.18. The Kier molecular flexibility index (Phi) is 7.28. The lowest BCUT2D eigenvalue weighted by atomic mass is 9.88. The molecule has 35 heavy (non-hydrogen) atoms. The van der Waals surface area contributed by atoms with Crippen molar-refractivity contribution in [3.63, 3.8) is 0 Å². The van der Waals surface area contributed by atoms with Crippen molar-refractivity contribution < 1.29 is 0 Å². The molecule has 0 saturated carbocycles. The molecule has 2 heteroatoms. The summed E-state index contributed by atoms with van der Waals surface area (Å²) in [4.78, 5) is 0. The van der Waals surface area contributed by atoms with Gasteiger partial charge in [-0.1, -0.05) is 109 Å². The van der Waals surface area contributed by atoms with Gasteiger partial charge in [-0.15, -0.1) is 0 Å². The van der Waals surface area contributed by atoms with Gasteiger partial charge < -0.3 is 5.32 Å². The molecule has 0 aliphatic rings. The predicted molar refractivity (Wildman–Crippen MR) is 152 cm³/mol. The molecular weight excluding hydrogens is 446 g/mol. The van der Waals surface area contributed by atoms with Gasteiger partial charge in [-0.2, -0.15) is 0 Å². The molecule has 5 rings (SSSR count). The number of allylic oxidation sites excluding steroid dienone is 1. The van der Waals surface area contributed by atoms with E-state index in [4.69, 9.17) is 11.6 Å². The molecule has 2 atom stereocenters. The Balaban J connectivity index is 1.31. The van der Waals surface area contributed by atoms with Crippen molar-refractivity contribution in [3.8, 4) is 0 Å². The molecule has 0 unspecified atom stereocenters. The number of halogens is 1. The molecule has 174 valence electrons. The van der Waals surface area contributed by atoms with E-state index in [0.717, 1.165) is 18.0 Å². The summed E-state index contributed by atoms with van der Waals surface area (Å²) in [7, 11) is 0. The molecule has 0 bridgehead atoms. The summed E-state index contributed by atoms with van der Waals surface area (Å²) >= 11 is 6.19. The van der Waals surface area contributed by atoms with E-state index in [9.17, 15) is 0 Å². The van der Waals surface area contributed by atoms with Crippen LogP contribution < -0.4 is 5.32 Å². The Hall–Kier alpha value is -3.39. The predicted octanol–water partition coefficient (Wildman–Crippen LogP) is 9.01. The Morgan fingerprint density at radius 3 is 2.06 bits per heavy atom. The van der Waals surface area contributed by atoms with Crippen molar-refractivity contribution in [1.29, 1.82) is 0 Å². The highest BCUT2D eigenvalue weighted by atomic mass is 35.5. The smallest absolute Gasteiger partial charge is 0.0406 e. The number of hydrogen-bond acceptors (Lipinski definition) is 1. The van der Waals surface area contributed by atoms with Crippen LogP contribution in [0.15, 0.2) is 115 Å². The highest BCUT2D eigenvalue weighted by molar-refractivity contribution is 6.30. The molecule has 1 N–H and O–H groups in total. The molecular formula is C33H30ClN. The van der Waals surface area contributed by atoms with Crippen molar-refractivity contribution in [2.24, 2.45) is 0 Å². The van der Waals surface area contributed by atoms with Gasteiger partial charge in [-0.3, -0.25) is 0 Å². The fraction of sp³-hybridized carbons (Fsp3) is 0.152. The standard InChI is InChI=1S/C33H30ClN/c1-24(35-23-26-14-16-28-9-3-5-11-31(28)22-26)33(29-17-19-32(34)20-18-29)12-6-7-25-13-15-27-8-2-4-10-30(27)21-25/h2-11,13-22,24,33,35H,12,23H2,1H3/b7-6+/t24-,33+/m0/s1. The molecule has 0 heterocycles. The van der Waals surface area contributed by atoms with Crippen LogP contribution in [0.2, 0.25) is 5.02 Å². The van der Waals surface area contributed by atoms with Crippen molar-refractivity contribution in [1.82, 2.24) is 5.32 Å². The zero-order valence-corrected chi connectivity index (χ0v) is 20.7. The van der Waals surface area contributed by atoms with Gasteiger partial charge in [0.2, 0.25) is 0 Å². The van der Waals surface area contributed by atoms with Gasteiger partial charge in [0.1, 0.15) is 0 Å². The highest BCUT2D eigenvalue weighted by Crippen LogP contribution is 2.27. The van der Waals surface area contributed by atoms with Gasteiger partial charge in [-0.25, -0.2) is 0 Å². The summed E-state index contributed by atoms with van der Waals surface area (Å²) in [5.41, 5.74) is 3.84. The van der Waals surface area contributed by atoms with Crippen LogP contribution in [0.4, 0.5) is 0 Å². The van der Waals surface area contributed by atoms with Crippen LogP contribution in [-0.4, -0.2) is 6.04 Å². The summed E-state index contributed by atoms with van der Waals surface area (Å²) in [6, 6.07) is 39.0. The third kappa shape index (κ3) is 5.82. The van der Waals surface area contributed by atoms with Gasteiger partial charge in [0, 0.05) is 23.5 Å². The van der Waals surface area contributed by atoms with E-state index in [1.54, 1.807) is 0 Å². The fourth-order valence-corrected chi connectivity index (χ4v) is 4.90. The van der Waals surface area contributed by atoms with Gasteiger partial charge in [0.25, 0.3) is 0 Å². The fourth-order valence-electron chi connectivity index (χ4n) is 4.77. The monoisotopic (exact) mass is 475 g/mol. The van der Waals surface area contributed by atoms with Crippen LogP contribution in [0, 0.1) is 0 Å². The number of nitrogens with one attached hydrogen (secondary N) is 1. The lowest BCUT2D eigenvalue weighted by Gasteiger charge is -2.25. The van der Waals surface area contributed by atoms with Crippen molar-refractivity contribution in [2.45, 2.75) is 31.8 Å². The molecule has 5 aromatic rings. The van der Waals surface area contributed by atoms with E-state index in [1.807, 2.05) is 12.1 Å². The van der Waals surface area contributed by atoms with E-state index < -0.39 is 0 Å². The van der Waals surface area contributed by atoms with E-state index in [0.29, 0.717) is 12.0 Å². The Morgan fingerprint density at radius 2 is 1.34 bits per heavy atom. The second-order valence-corrected chi connectivity index (χ2v) is 9.69. The Bertz CT molecular complexity index is 1450. The molecule has 0 aliphatic carbocycles. The second kappa shape index (κ2) is 10.9. The normalized spacial score (nSPS) is 13.4. The topological polar surface area (TPSA) is 12.0 Å². The third-order valence-electron chi connectivity index (χ3n) is 6.82. The summed E-state index contributed by atoms with van der Waals surface area (Å²) in [5.74, 6) is 0.337. The second-order valence-electron chi connectivity index (χ2n) is 9.25. The zero-order valence-electron chi connectivity index (χ0n) is 20.0. The molecule has 0 radical (unpaired) electrons. The summed E-state index contributed by atoms with van der Waals surface area (Å²) < 4.78 is 0. The Morgan fingerprint density at radius 1 is 0.714 bits per heavy atom. The minimum Gasteiger partial charge on any atom is -0.310 e. The molecule has 1 nitrogen and oxygen atoms in total. The molecule has 5 aromatic carbocycles. The molecule has 0 amide bonds. The first-order chi connectivity index (χ1) is 17.2. The van der Waals surface area contributed by atoms with E-state index in [2.05, 4.69) is 121 Å². The lowest BCUT2D eigenvalue weighted by Crippen LogP contribution is -2.31.